The standard InChI is InChI=1S/C25H25N3O3S2/c1-18-14-19(2)24-22(15-18)32-25(27-24)28(16-21-10-6-7-12-26-21)23(29)11-13-33(30,31)17-20-8-4-3-5-9-20/h3-10,12,14-15H,11,13,16-17H2,1-2H3. The second kappa shape index (κ2) is 9.80. The Morgan fingerprint density at radius 1 is 1.03 bits per heavy atom. The van der Waals surface area contributed by atoms with Crippen LogP contribution in [0.3, 0.4) is 0 Å². The molecule has 0 atom stereocenters. The van der Waals surface area contributed by atoms with E-state index in [1.54, 1.807) is 35.4 Å². The van der Waals surface area contributed by atoms with Crippen molar-refractivity contribution in [3.8, 4) is 0 Å². The van der Waals surface area contributed by atoms with E-state index in [0.717, 1.165) is 21.3 Å². The van der Waals surface area contributed by atoms with Crippen LogP contribution in [0.1, 0.15) is 28.8 Å². The number of anilines is 1. The zero-order chi connectivity index (χ0) is 23.4. The molecular formula is C25H25N3O3S2. The first-order valence-corrected chi connectivity index (χ1v) is 13.3. The summed E-state index contributed by atoms with van der Waals surface area (Å²) >= 11 is 1.43. The molecule has 170 valence electrons. The number of rotatable bonds is 8. The van der Waals surface area contributed by atoms with E-state index in [1.807, 2.05) is 38.1 Å². The summed E-state index contributed by atoms with van der Waals surface area (Å²) in [6.07, 6.45) is 1.56. The Labute approximate surface area is 197 Å². The van der Waals surface area contributed by atoms with Gasteiger partial charge in [0.25, 0.3) is 0 Å². The highest BCUT2D eigenvalue weighted by Gasteiger charge is 2.23. The van der Waals surface area contributed by atoms with Gasteiger partial charge in [0.05, 0.1) is 34.0 Å². The number of hydrogen-bond acceptors (Lipinski definition) is 6. The summed E-state index contributed by atoms with van der Waals surface area (Å²) < 4.78 is 26.3. The van der Waals surface area contributed by atoms with Gasteiger partial charge in [0.2, 0.25) is 5.91 Å². The highest BCUT2D eigenvalue weighted by atomic mass is 32.2. The third kappa shape index (κ3) is 5.83. The Balaban J connectivity index is 1.58. The minimum Gasteiger partial charge on any atom is -0.282 e. The van der Waals surface area contributed by atoms with Crippen molar-refractivity contribution < 1.29 is 13.2 Å². The van der Waals surface area contributed by atoms with Crippen LogP contribution in [0.15, 0.2) is 66.9 Å². The zero-order valence-electron chi connectivity index (χ0n) is 18.6. The zero-order valence-corrected chi connectivity index (χ0v) is 20.2. The minimum atomic E-state index is -3.44. The summed E-state index contributed by atoms with van der Waals surface area (Å²) in [4.78, 5) is 23.9. The molecule has 0 aliphatic rings. The molecule has 2 heterocycles. The van der Waals surface area contributed by atoms with Crippen molar-refractivity contribution in [3.63, 3.8) is 0 Å². The third-order valence-electron chi connectivity index (χ3n) is 5.25. The Hall–Kier alpha value is -3.10. The number of thiazole rings is 1. The molecule has 0 aliphatic carbocycles. The molecule has 4 rings (SSSR count). The van der Waals surface area contributed by atoms with E-state index in [4.69, 9.17) is 4.98 Å². The average Bonchev–Trinajstić information content (AvgIpc) is 3.21. The van der Waals surface area contributed by atoms with E-state index < -0.39 is 9.84 Å². The maximum Gasteiger partial charge on any atom is 0.230 e. The van der Waals surface area contributed by atoms with E-state index in [0.29, 0.717) is 16.4 Å². The number of carbonyl (C=O) groups is 1. The smallest absolute Gasteiger partial charge is 0.230 e. The minimum absolute atomic E-state index is 0.0824. The van der Waals surface area contributed by atoms with Crippen molar-refractivity contribution in [2.24, 2.45) is 0 Å². The maximum absolute atomic E-state index is 13.3. The predicted molar refractivity (Wildman–Crippen MR) is 133 cm³/mol. The highest BCUT2D eigenvalue weighted by molar-refractivity contribution is 7.90. The van der Waals surface area contributed by atoms with Gasteiger partial charge in [-0.3, -0.25) is 14.7 Å². The summed E-state index contributed by atoms with van der Waals surface area (Å²) in [5, 5.41) is 0.551. The molecular weight excluding hydrogens is 454 g/mol. The average molecular weight is 480 g/mol. The molecule has 0 spiro atoms. The largest absolute Gasteiger partial charge is 0.282 e. The van der Waals surface area contributed by atoms with Gasteiger partial charge in [0, 0.05) is 12.6 Å². The number of sulfone groups is 1. The second-order valence-corrected chi connectivity index (χ2v) is 11.2. The molecule has 6 nitrogen and oxygen atoms in total. The van der Waals surface area contributed by atoms with E-state index in [-0.39, 0.29) is 30.4 Å². The predicted octanol–water partition coefficient (Wildman–Crippen LogP) is 4.85. The molecule has 4 aromatic rings. The van der Waals surface area contributed by atoms with Crippen LogP contribution in [0.25, 0.3) is 10.2 Å². The van der Waals surface area contributed by atoms with Gasteiger partial charge in [0.15, 0.2) is 15.0 Å². The SMILES string of the molecule is Cc1cc(C)c2nc(N(Cc3ccccn3)C(=O)CCS(=O)(=O)Cc3ccccc3)sc2c1. The van der Waals surface area contributed by atoms with Crippen LogP contribution in [-0.2, 0) is 26.9 Å². The van der Waals surface area contributed by atoms with Crippen molar-refractivity contribution >= 4 is 42.4 Å². The first-order chi connectivity index (χ1) is 15.8. The fourth-order valence-corrected chi connectivity index (χ4v) is 6.16. The lowest BCUT2D eigenvalue weighted by molar-refractivity contribution is -0.118. The van der Waals surface area contributed by atoms with Crippen molar-refractivity contribution in [3.05, 3.63) is 89.2 Å². The summed E-state index contributed by atoms with van der Waals surface area (Å²) in [6.45, 7) is 4.26. The number of amides is 1. The van der Waals surface area contributed by atoms with E-state index in [9.17, 15) is 13.2 Å². The molecule has 0 saturated heterocycles. The number of hydrogen-bond donors (Lipinski definition) is 0. The first-order valence-electron chi connectivity index (χ1n) is 10.6. The van der Waals surface area contributed by atoms with Gasteiger partial charge in [-0.2, -0.15) is 0 Å². The first kappa shape index (κ1) is 23.1. The van der Waals surface area contributed by atoms with Gasteiger partial charge >= 0.3 is 0 Å². The fraction of sp³-hybridized carbons (Fsp3) is 0.240. The van der Waals surface area contributed by atoms with Crippen LogP contribution in [0.2, 0.25) is 0 Å². The van der Waals surface area contributed by atoms with E-state index in [2.05, 4.69) is 17.1 Å². The summed E-state index contributed by atoms with van der Waals surface area (Å²) in [5.74, 6) is -0.589. The maximum atomic E-state index is 13.3. The molecule has 33 heavy (non-hydrogen) atoms. The number of aryl methyl sites for hydroxylation is 2. The molecule has 0 saturated carbocycles. The topological polar surface area (TPSA) is 80.2 Å². The van der Waals surface area contributed by atoms with Crippen LogP contribution < -0.4 is 4.90 Å². The van der Waals surface area contributed by atoms with Crippen LogP contribution in [0, 0.1) is 13.8 Å². The van der Waals surface area contributed by atoms with E-state index in [1.165, 1.54) is 11.3 Å². The molecule has 0 fully saturated rings. The molecule has 0 bridgehead atoms. The Morgan fingerprint density at radius 2 is 1.79 bits per heavy atom. The summed E-state index contributed by atoms with van der Waals surface area (Å²) in [6, 6.07) is 18.6. The number of pyridine rings is 1. The van der Waals surface area contributed by atoms with Crippen LogP contribution in [-0.4, -0.2) is 30.0 Å². The second-order valence-electron chi connectivity index (χ2n) is 8.05. The number of nitrogens with zero attached hydrogens (tertiary/aromatic N) is 3. The van der Waals surface area contributed by atoms with Crippen LogP contribution in [0.5, 0.6) is 0 Å². The number of fused-ring (bicyclic) bond motifs is 1. The van der Waals surface area contributed by atoms with Gasteiger partial charge < -0.3 is 0 Å². The lowest BCUT2D eigenvalue weighted by Gasteiger charge is -2.19. The van der Waals surface area contributed by atoms with Gasteiger partial charge in [0.1, 0.15) is 0 Å². The molecule has 0 aliphatic heterocycles. The van der Waals surface area contributed by atoms with Gasteiger partial charge in [-0.05, 0) is 48.7 Å². The van der Waals surface area contributed by atoms with Gasteiger partial charge in [-0.25, -0.2) is 13.4 Å². The van der Waals surface area contributed by atoms with Crippen LogP contribution >= 0.6 is 11.3 Å². The molecule has 0 radical (unpaired) electrons. The van der Waals surface area contributed by atoms with Gasteiger partial charge in [-0.15, -0.1) is 0 Å². The number of benzene rings is 2. The number of carbonyl (C=O) groups excluding carboxylic acids is 1. The summed E-state index contributed by atoms with van der Waals surface area (Å²) in [5.41, 5.74) is 4.46. The van der Waals surface area contributed by atoms with Gasteiger partial charge in [-0.1, -0.05) is 53.8 Å². The quantitative estimate of drug-likeness (QED) is 0.361. The fourth-order valence-electron chi connectivity index (χ4n) is 3.67. The Bertz CT molecular complexity index is 1370. The van der Waals surface area contributed by atoms with Crippen molar-refractivity contribution in [2.45, 2.75) is 32.6 Å². The third-order valence-corrected chi connectivity index (χ3v) is 7.88. The number of aromatic nitrogens is 2. The Morgan fingerprint density at radius 3 is 2.52 bits per heavy atom. The van der Waals surface area contributed by atoms with Crippen LogP contribution in [0.4, 0.5) is 5.13 Å². The van der Waals surface area contributed by atoms with Crippen molar-refractivity contribution in [1.82, 2.24) is 9.97 Å². The molecule has 2 aromatic carbocycles. The Kier molecular flexibility index (Phi) is 6.85. The summed E-state index contributed by atoms with van der Waals surface area (Å²) in [7, 11) is -3.44. The highest BCUT2D eigenvalue weighted by Crippen LogP contribution is 2.32. The monoisotopic (exact) mass is 479 g/mol. The lowest BCUT2D eigenvalue weighted by Crippen LogP contribution is -2.32. The normalized spacial score (nSPS) is 11.6. The molecule has 1 amide bonds. The molecule has 0 N–H and O–H groups in total. The lowest BCUT2D eigenvalue weighted by atomic mass is 10.1. The van der Waals surface area contributed by atoms with Crippen molar-refractivity contribution in [1.29, 1.82) is 0 Å². The molecule has 8 heteroatoms. The van der Waals surface area contributed by atoms with E-state index >= 15 is 0 Å². The van der Waals surface area contributed by atoms with Crippen molar-refractivity contribution in [2.75, 3.05) is 10.7 Å². The molecule has 0 unspecified atom stereocenters. The molecule has 2 aromatic heterocycles.